The maximum absolute atomic E-state index is 12.1. The monoisotopic (exact) mass is 432 g/mol. The van der Waals surface area contributed by atoms with Gasteiger partial charge in [0.05, 0.1) is 25.5 Å². The van der Waals surface area contributed by atoms with E-state index in [1.54, 1.807) is 20.3 Å². The molecule has 1 aromatic heterocycles. The van der Waals surface area contributed by atoms with Crippen LogP contribution in [0.3, 0.4) is 0 Å². The molecule has 7 heteroatoms. The second-order valence-electron chi connectivity index (χ2n) is 8.04. The predicted octanol–water partition coefficient (Wildman–Crippen LogP) is 4.17. The van der Waals surface area contributed by atoms with Crippen LogP contribution in [0.2, 0.25) is 0 Å². The van der Waals surface area contributed by atoms with E-state index < -0.39 is 5.91 Å². The molecule has 4 rings (SSSR count). The molecule has 0 bridgehead atoms. The van der Waals surface area contributed by atoms with E-state index in [1.165, 1.54) is 0 Å². The Hall–Kier alpha value is -3.61. The van der Waals surface area contributed by atoms with Gasteiger partial charge in [-0.25, -0.2) is 9.97 Å². The Balaban J connectivity index is 1.83. The SMILES string of the molecule is COc1ccc(C2(N(C)c3nc(C(N)=O)cc(-c4ccccc4)n3)CCCC2)cc1OC. The lowest BCUT2D eigenvalue weighted by molar-refractivity contribution is 0.0995. The first-order valence-electron chi connectivity index (χ1n) is 10.7. The fourth-order valence-corrected chi connectivity index (χ4v) is 4.56. The number of carbonyl (C=O) groups is 1. The number of nitrogens with two attached hydrogens (primary N) is 1. The van der Waals surface area contributed by atoms with Crippen molar-refractivity contribution in [2.75, 3.05) is 26.2 Å². The van der Waals surface area contributed by atoms with Gasteiger partial charge in [-0.15, -0.1) is 0 Å². The van der Waals surface area contributed by atoms with Crippen molar-refractivity contribution in [1.29, 1.82) is 0 Å². The highest BCUT2D eigenvalue weighted by Gasteiger charge is 2.41. The summed E-state index contributed by atoms with van der Waals surface area (Å²) in [6.45, 7) is 0. The lowest BCUT2D eigenvalue weighted by Crippen LogP contribution is -2.43. The lowest BCUT2D eigenvalue weighted by atomic mass is 9.86. The second-order valence-corrected chi connectivity index (χ2v) is 8.04. The largest absolute Gasteiger partial charge is 0.493 e. The van der Waals surface area contributed by atoms with Crippen LogP contribution in [0.15, 0.2) is 54.6 Å². The summed E-state index contributed by atoms with van der Waals surface area (Å²) >= 11 is 0. The van der Waals surface area contributed by atoms with Crippen LogP contribution < -0.4 is 20.1 Å². The number of aromatic nitrogens is 2. The van der Waals surface area contributed by atoms with Crippen molar-refractivity contribution < 1.29 is 14.3 Å². The highest BCUT2D eigenvalue weighted by molar-refractivity contribution is 5.92. The summed E-state index contributed by atoms with van der Waals surface area (Å²) < 4.78 is 11.0. The van der Waals surface area contributed by atoms with Crippen molar-refractivity contribution in [2.24, 2.45) is 5.73 Å². The van der Waals surface area contributed by atoms with Gasteiger partial charge in [-0.2, -0.15) is 0 Å². The standard InChI is InChI=1S/C25H28N4O3/c1-29(24-27-19(16-20(28-24)23(26)30)17-9-5-4-6-10-17)25(13-7-8-14-25)18-11-12-21(31-2)22(15-18)32-3/h4-6,9-12,15-16H,7-8,13-14H2,1-3H3,(H2,26,30). The van der Waals surface area contributed by atoms with Gasteiger partial charge in [0, 0.05) is 12.6 Å². The van der Waals surface area contributed by atoms with Gasteiger partial charge >= 0.3 is 0 Å². The summed E-state index contributed by atoms with van der Waals surface area (Å²) in [7, 11) is 5.25. The Kier molecular flexibility index (Phi) is 5.99. The van der Waals surface area contributed by atoms with E-state index in [0.717, 1.165) is 36.8 Å². The number of rotatable bonds is 7. The molecule has 2 aromatic carbocycles. The topological polar surface area (TPSA) is 90.6 Å². The minimum atomic E-state index is -0.578. The molecule has 1 aliphatic carbocycles. The smallest absolute Gasteiger partial charge is 0.267 e. The molecule has 2 N–H and O–H groups in total. The number of primary amides is 1. The summed E-state index contributed by atoms with van der Waals surface area (Å²) in [5.74, 6) is 1.26. The highest BCUT2D eigenvalue weighted by Crippen LogP contribution is 2.46. The van der Waals surface area contributed by atoms with E-state index in [4.69, 9.17) is 20.2 Å². The highest BCUT2D eigenvalue weighted by atomic mass is 16.5. The molecule has 0 saturated heterocycles. The van der Waals surface area contributed by atoms with Crippen LogP contribution >= 0.6 is 0 Å². The van der Waals surface area contributed by atoms with Gasteiger partial charge in [-0.3, -0.25) is 4.79 Å². The number of hydrogen-bond donors (Lipinski definition) is 1. The number of nitrogens with zero attached hydrogens (tertiary/aromatic N) is 3. The van der Waals surface area contributed by atoms with Crippen LogP contribution in [0.25, 0.3) is 11.3 Å². The Morgan fingerprint density at radius 1 is 0.969 bits per heavy atom. The summed E-state index contributed by atoms with van der Waals surface area (Å²) in [6, 6.07) is 17.4. The van der Waals surface area contributed by atoms with Gasteiger partial charge in [0.2, 0.25) is 5.95 Å². The molecule has 0 spiro atoms. The van der Waals surface area contributed by atoms with E-state index in [2.05, 4.69) is 16.0 Å². The van der Waals surface area contributed by atoms with Gasteiger partial charge in [0.15, 0.2) is 11.5 Å². The van der Waals surface area contributed by atoms with E-state index in [1.807, 2.05) is 49.5 Å². The number of carbonyl (C=O) groups excluding carboxylic acids is 1. The summed E-state index contributed by atoms with van der Waals surface area (Å²) in [5.41, 5.74) is 8.15. The quantitative estimate of drug-likeness (QED) is 0.603. The molecule has 32 heavy (non-hydrogen) atoms. The molecular weight excluding hydrogens is 404 g/mol. The first-order chi connectivity index (χ1) is 15.5. The molecule has 0 radical (unpaired) electrons. The number of benzene rings is 2. The van der Waals surface area contributed by atoms with Gasteiger partial charge < -0.3 is 20.1 Å². The molecule has 1 aliphatic rings. The Morgan fingerprint density at radius 3 is 2.28 bits per heavy atom. The number of methoxy groups -OCH3 is 2. The van der Waals surface area contributed by atoms with Crippen LogP contribution in [0.5, 0.6) is 11.5 Å². The molecule has 1 heterocycles. The van der Waals surface area contributed by atoms with E-state index >= 15 is 0 Å². The molecule has 1 saturated carbocycles. The van der Waals surface area contributed by atoms with Crippen molar-refractivity contribution in [1.82, 2.24) is 9.97 Å². The molecular formula is C25H28N4O3. The van der Waals surface area contributed by atoms with Crippen LogP contribution in [0, 0.1) is 0 Å². The van der Waals surface area contributed by atoms with Crippen LogP contribution in [0.1, 0.15) is 41.7 Å². The van der Waals surface area contributed by atoms with Crippen molar-refractivity contribution in [3.05, 3.63) is 65.9 Å². The minimum absolute atomic E-state index is 0.196. The fraction of sp³-hybridized carbons (Fsp3) is 0.320. The van der Waals surface area contributed by atoms with Crippen molar-refractivity contribution in [3.63, 3.8) is 0 Å². The van der Waals surface area contributed by atoms with Gasteiger partial charge in [-0.05, 0) is 36.6 Å². The average molecular weight is 433 g/mol. The third-order valence-electron chi connectivity index (χ3n) is 6.33. The fourth-order valence-electron chi connectivity index (χ4n) is 4.56. The Bertz CT molecular complexity index is 1110. The number of anilines is 1. The third-order valence-corrected chi connectivity index (χ3v) is 6.33. The van der Waals surface area contributed by atoms with E-state index in [0.29, 0.717) is 23.1 Å². The molecule has 166 valence electrons. The summed E-state index contributed by atoms with van der Waals surface area (Å²) in [6.07, 6.45) is 4.03. The average Bonchev–Trinajstić information content (AvgIpc) is 3.34. The molecule has 1 fully saturated rings. The molecule has 0 atom stereocenters. The van der Waals surface area contributed by atoms with Gasteiger partial charge in [0.1, 0.15) is 5.69 Å². The normalized spacial score (nSPS) is 14.7. The Morgan fingerprint density at radius 2 is 1.66 bits per heavy atom. The predicted molar refractivity (Wildman–Crippen MR) is 124 cm³/mol. The van der Waals surface area contributed by atoms with Gasteiger partial charge in [-0.1, -0.05) is 49.2 Å². The van der Waals surface area contributed by atoms with Crippen LogP contribution in [-0.2, 0) is 5.54 Å². The summed E-state index contributed by atoms with van der Waals surface area (Å²) in [5, 5.41) is 0. The Labute approximate surface area is 188 Å². The maximum Gasteiger partial charge on any atom is 0.267 e. The molecule has 0 aliphatic heterocycles. The first-order valence-corrected chi connectivity index (χ1v) is 10.7. The molecule has 7 nitrogen and oxygen atoms in total. The van der Waals surface area contributed by atoms with Crippen molar-refractivity contribution in [2.45, 2.75) is 31.2 Å². The number of hydrogen-bond acceptors (Lipinski definition) is 6. The van der Waals surface area contributed by atoms with Crippen molar-refractivity contribution >= 4 is 11.9 Å². The summed E-state index contributed by atoms with van der Waals surface area (Å²) in [4.78, 5) is 23.5. The first kappa shape index (κ1) is 21.6. The maximum atomic E-state index is 12.1. The molecule has 3 aromatic rings. The minimum Gasteiger partial charge on any atom is -0.493 e. The zero-order valence-corrected chi connectivity index (χ0v) is 18.7. The number of ether oxygens (including phenoxy) is 2. The molecule has 1 amide bonds. The van der Waals surface area contributed by atoms with E-state index in [9.17, 15) is 4.79 Å². The molecule has 0 unspecified atom stereocenters. The second kappa shape index (κ2) is 8.86. The van der Waals surface area contributed by atoms with Gasteiger partial charge in [0.25, 0.3) is 5.91 Å². The van der Waals surface area contributed by atoms with Crippen molar-refractivity contribution in [3.8, 4) is 22.8 Å². The number of amides is 1. The zero-order valence-electron chi connectivity index (χ0n) is 18.7. The third kappa shape index (κ3) is 3.86. The zero-order chi connectivity index (χ0) is 22.7. The van der Waals surface area contributed by atoms with E-state index in [-0.39, 0.29) is 11.2 Å². The lowest BCUT2D eigenvalue weighted by Gasteiger charge is -2.40. The van der Waals surface area contributed by atoms with Crippen LogP contribution in [-0.4, -0.2) is 37.1 Å². The van der Waals surface area contributed by atoms with Crippen LogP contribution in [0.4, 0.5) is 5.95 Å².